The number of nitrogens with one attached hydrogen (secondary N) is 2. The second kappa shape index (κ2) is 10.3. The van der Waals surface area contributed by atoms with E-state index in [0.717, 1.165) is 56.5 Å². The second-order valence-corrected chi connectivity index (χ2v) is 9.35. The van der Waals surface area contributed by atoms with E-state index in [0.29, 0.717) is 19.3 Å². The highest BCUT2D eigenvalue weighted by molar-refractivity contribution is 5.80. The molecule has 0 bridgehead atoms. The van der Waals surface area contributed by atoms with Crippen LogP contribution in [0.25, 0.3) is 0 Å². The first kappa shape index (κ1) is 22.5. The Bertz CT molecular complexity index is 905. The monoisotopic (exact) mass is 436 g/mol. The molecule has 0 aromatic heterocycles. The number of hydrogen-bond acceptors (Lipinski definition) is 4. The van der Waals surface area contributed by atoms with Crippen molar-refractivity contribution in [3.8, 4) is 11.5 Å². The number of benzene rings is 2. The summed E-state index contributed by atoms with van der Waals surface area (Å²) in [6.07, 6.45) is 2.25. The van der Waals surface area contributed by atoms with Gasteiger partial charge in [0.05, 0.1) is 0 Å². The number of nitrogens with zero attached hydrogens (tertiary/aromatic N) is 2. The molecule has 2 aliphatic heterocycles. The summed E-state index contributed by atoms with van der Waals surface area (Å²) in [5.41, 5.74) is 2.53. The SMILES string of the molecule is CN=C(NCC(C)(C)c1ccc2c(c1)OCCO2)NC1CCN(Cc2ccccc2)CC1. The fraction of sp³-hybridized carbons (Fsp3) is 0.500. The van der Waals surface area contributed by atoms with E-state index in [1.165, 1.54) is 11.1 Å². The molecule has 0 saturated carbocycles. The molecular weight excluding hydrogens is 400 g/mol. The Kier molecular flexibility index (Phi) is 7.20. The number of fused-ring (bicyclic) bond motifs is 1. The molecule has 1 fully saturated rings. The minimum Gasteiger partial charge on any atom is -0.486 e. The van der Waals surface area contributed by atoms with Crippen LogP contribution in [0.4, 0.5) is 0 Å². The molecule has 2 aromatic rings. The first-order valence-electron chi connectivity index (χ1n) is 11.7. The van der Waals surface area contributed by atoms with Crippen LogP contribution in [0.3, 0.4) is 0 Å². The average Bonchev–Trinajstić information content (AvgIpc) is 2.83. The molecule has 32 heavy (non-hydrogen) atoms. The summed E-state index contributed by atoms with van der Waals surface area (Å²) in [4.78, 5) is 7.01. The zero-order valence-electron chi connectivity index (χ0n) is 19.6. The van der Waals surface area contributed by atoms with Crippen molar-refractivity contribution in [2.75, 3.05) is 39.9 Å². The van der Waals surface area contributed by atoms with Crippen molar-refractivity contribution in [1.29, 1.82) is 0 Å². The van der Waals surface area contributed by atoms with Crippen LogP contribution in [-0.2, 0) is 12.0 Å². The summed E-state index contributed by atoms with van der Waals surface area (Å²) < 4.78 is 11.4. The van der Waals surface area contributed by atoms with Crippen molar-refractivity contribution >= 4 is 5.96 Å². The highest BCUT2D eigenvalue weighted by Crippen LogP contribution is 2.34. The van der Waals surface area contributed by atoms with E-state index in [2.05, 4.69) is 76.8 Å². The third-order valence-electron chi connectivity index (χ3n) is 6.42. The van der Waals surface area contributed by atoms with Crippen LogP contribution in [0.5, 0.6) is 11.5 Å². The van der Waals surface area contributed by atoms with Crippen molar-refractivity contribution < 1.29 is 9.47 Å². The normalized spacial score (nSPS) is 17.8. The van der Waals surface area contributed by atoms with Crippen molar-refractivity contribution in [1.82, 2.24) is 15.5 Å². The molecule has 6 heteroatoms. The van der Waals surface area contributed by atoms with Crippen molar-refractivity contribution in [3.63, 3.8) is 0 Å². The summed E-state index contributed by atoms with van der Waals surface area (Å²) >= 11 is 0. The fourth-order valence-corrected chi connectivity index (χ4v) is 4.34. The van der Waals surface area contributed by atoms with E-state index in [4.69, 9.17) is 9.47 Å². The summed E-state index contributed by atoms with van der Waals surface area (Å²) in [7, 11) is 1.84. The molecule has 0 spiro atoms. The van der Waals surface area contributed by atoms with Crippen molar-refractivity contribution in [3.05, 3.63) is 59.7 Å². The molecule has 0 radical (unpaired) electrons. The molecule has 2 aromatic carbocycles. The highest BCUT2D eigenvalue weighted by atomic mass is 16.6. The Hall–Kier alpha value is -2.73. The van der Waals surface area contributed by atoms with E-state index in [1.807, 2.05) is 13.1 Å². The van der Waals surface area contributed by atoms with Gasteiger partial charge in [-0.2, -0.15) is 0 Å². The smallest absolute Gasteiger partial charge is 0.191 e. The maximum Gasteiger partial charge on any atom is 0.191 e. The largest absolute Gasteiger partial charge is 0.486 e. The Labute approximate surface area is 192 Å². The Morgan fingerprint density at radius 3 is 2.47 bits per heavy atom. The van der Waals surface area contributed by atoms with E-state index in [1.54, 1.807) is 0 Å². The second-order valence-electron chi connectivity index (χ2n) is 9.35. The molecule has 2 heterocycles. The number of hydrogen-bond donors (Lipinski definition) is 2. The lowest BCUT2D eigenvalue weighted by molar-refractivity contribution is 0.171. The Morgan fingerprint density at radius 1 is 1.03 bits per heavy atom. The molecule has 4 rings (SSSR count). The lowest BCUT2D eigenvalue weighted by Gasteiger charge is -2.34. The van der Waals surface area contributed by atoms with Crippen LogP contribution < -0.4 is 20.1 Å². The van der Waals surface area contributed by atoms with Crippen LogP contribution in [0.2, 0.25) is 0 Å². The van der Waals surface area contributed by atoms with E-state index >= 15 is 0 Å². The summed E-state index contributed by atoms with van der Waals surface area (Å²) in [6, 6.07) is 17.4. The molecule has 1 saturated heterocycles. The number of piperidine rings is 1. The van der Waals surface area contributed by atoms with Gasteiger partial charge in [-0.1, -0.05) is 50.2 Å². The summed E-state index contributed by atoms with van der Waals surface area (Å²) in [5, 5.41) is 7.17. The van der Waals surface area contributed by atoms with E-state index in [-0.39, 0.29) is 5.41 Å². The van der Waals surface area contributed by atoms with Gasteiger partial charge in [-0.3, -0.25) is 9.89 Å². The van der Waals surface area contributed by atoms with Gasteiger partial charge in [0.15, 0.2) is 17.5 Å². The minimum absolute atomic E-state index is 0.0769. The van der Waals surface area contributed by atoms with E-state index in [9.17, 15) is 0 Å². The van der Waals surface area contributed by atoms with Gasteiger partial charge < -0.3 is 20.1 Å². The lowest BCUT2D eigenvalue weighted by atomic mass is 9.84. The molecule has 6 nitrogen and oxygen atoms in total. The van der Waals surface area contributed by atoms with E-state index < -0.39 is 0 Å². The number of likely N-dealkylation sites (tertiary alicyclic amines) is 1. The molecular formula is C26H36N4O2. The first-order valence-corrected chi connectivity index (χ1v) is 11.7. The van der Waals surface area contributed by atoms with Crippen LogP contribution >= 0.6 is 0 Å². The zero-order valence-corrected chi connectivity index (χ0v) is 19.6. The predicted octanol–water partition coefficient (Wildman–Crippen LogP) is 3.57. The maximum atomic E-state index is 5.77. The minimum atomic E-state index is -0.0769. The van der Waals surface area contributed by atoms with Gasteiger partial charge in [0.2, 0.25) is 0 Å². The molecule has 0 atom stereocenters. The number of guanidine groups is 1. The Balaban J connectivity index is 1.26. The molecule has 0 amide bonds. The van der Waals surface area contributed by atoms with Gasteiger partial charge in [-0.25, -0.2) is 0 Å². The third kappa shape index (κ3) is 5.74. The van der Waals surface area contributed by atoms with Crippen LogP contribution in [-0.4, -0.2) is 56.8 Å². The van der Waals surface area contributed by atoms with Gasteiger partial charge in [-0.05, 0) is 36.1 Å². The highest BCUT2D eigenvalue weighted by Gasteiger charge is 2.25. The predicted molar refractivity (Wildman–Crippen MR) is 130 cm³/mol. The van der Waals surface area contributed by atoms with Gasteiger partial charge in [0.1, 0.15) is 13.2 Å². The molecule has 2 N–H and O–H groups in total. The van der Waals surface area contributed by atoms with Crippen molar-refractivity contribution in [2.24, 2.45) is 4.99 Å². The Morgan fingerprint density at radius 2 is 1.75 bits per heavy atom. The topological polar surface area (TPSA) is 58.1 Å². The number of ether oxygens (including phenoxy) is 2. The maximum absolute atomic E-state index is 5.77. The first-order chi connectivity index (χ1) is 15.5. The zero-order chi connectivity index (χ0) is 22.4. The average molecular weight is 437 g/mol. The molecule has 172 valence electrons. The van der Waals surface area contributed by atoms with Gasteiger partial charge in [-0.15, -0.1) is 0 Å². The summed E-state index contributed by atoms with van der Waals surface area (Å²) in [5.74, 6) is 2.54. The van der Waals surface area contributed by atoms with Crippen LogP contribution in [0.1, 0.15) is 37.8 Å². The fourth-order valence-electron chi connectivity index (χ4n) is 4.34. The lowest BCUT2D eigenvalue weighted by Crippen LogP contribution is -2.50. The van der Waals surface area contributed by atoms with Gasteiger partial charge in [0, 0.05) is 44.7 Å². The standard InChI is InChI=1S/C26H36N4O2/c1-26(2,21-9-10-23-24(17-21)32-16-15-31-23)19-28-25(27-3)29-22-11-13-30(14-12-22)18-20-7-5-4-6-8-20/h4-10,17,22H,11-16,18-19H2,1-3H3,(H2,27,28,29). The number of rotatable bonds is 6. The van der Waals surface area contributed by atoms with Gasteiger partial charge >= 0.3 is 0 Å². The van der Waals surface area contributed by atoms with Crippen LogP contribution in [0, 0.1) is 0 Å². The molecule has 0 unspecified atom stereocenters. The quantitative estimate of drug-likeness (QED) is 0.536. The van der Waals surface area contributed by atoms with Gasteiger partial charge in [0.25, 0.3) is 0 Å². The molecule has 2 aliphatic rings. The third-order valence-corrected chi connectivity index (χ3v) is 6.42. The summed E-state index contributed by atoms with van der Waals surface area (Å²) in [6.45, 7) is 9.71. The van der Waals surface area contributed by atoms with Crippen molar-refractivity contribution in [2.45, 2.75) is 44.7 Å². The van der Waals surface area contributed by atoms with Crippen LogP contribution in [0.15, 0.2) is 53.5 Å². The number of aliphatic imine (C=N–C) groups is 1. The molecule has 0 aliphatic carbocycles.